The Bertz CT molecular complexity index is 603. The molecule has 6 heteroatoms. The molecule has 0 aromatic carbocycles. The molecule has 1 N–H and O–H groups in total. The van der Waals surface area contributed by atoms with Crippen LogP contribution >= 0.6 is 11.3 Å². The van der Waals surface area contributed by atoms with Gasteiger partial charge in [0.15, 0.2) is 0 Å². The summed E-state index contributed by atoms with van der Waals surface area (Å²) in [4.78, 5) is 18.2. The zero-order valence-corrected chi connectivity index (χ0v) is 13.3. The second kappa shape index (κ2) is 6.89. The van der Waals surface area contributed by atoms with Gasteiger partial charge in [0.25, 0.3) is 0 Å². The minimum atomic E-state index is -0.0563. The molecule has 116 valence electrons. The summed E-state index contributed by atoms with van der Waals surface area (Å²) in [5.74, 6) is 0. The Morgan fingerprint density at radius 1 is 1.50 bits per heavy atom. The Hall–Kier alpha value is -1.92. The van der Waals surface area contributed by atoms with Crippen molar-refractivity contribution < 1.29 is 9.53 Å². The average Bonchev–Trinajstić information content (AvgIpc) is 3.07. The normalized spacial score (nSPS) is 21.6. The van der Waals surface area contributed by atoms with Crippen LogP contribution in [0.25, 0.3) is 0 Å². The fourth-order valence-corrected chi connectivity index (χ4v) is 3.25. The molecule has 0 aliphatic carbocycles. The molecule has 0 bridgehead atoms. The quantitative estimate of drug-likeness (QED) is 0.947. The van der Waals surface area contributed by atoms with Crippen LogP contribution in [0.3, 0.4) is 0 Å². The summed E-state index contributed by atoms with van der Waals surface area (Å²) < 4.78 is 5.95. The number of pyridine rings is 1. The summed E-state index contributed by atoms with van der Waals surface area (Å²) in [7, 11) is 0. The number of aromatic nitrogens is 1. The van der Waals surface area contributed by atoms with Crippen LogP contribution in [-0.4, -0.2) is 35.1 Å². The van der Waals surface area contributed by atoms with E-state index in [0.717, 1.165) is 11.1 Å². The van der Waals surface area contributed by atoms with Gasteiger partial charge < -0.3 is 15.0 Å². The zero-order chi connectivity index (χ0) is 15.4. The molecule has 5 nitrogen and oxygen atoms in total. The highest BCUT2D eigenvalue weighted by atomic mass is 32.1. The van der Waals surface area contributed by atoms with E-state index in [4.69, 9.17) is 4.74 Å². The van der Waals surface area contributed by atoms with Crippen molar-refractivity contribution in [1.29, 1.82) is 0 Å². The van der Waals surface area contributed by atoms with Crippen molar-refractivity contribution in [3.8, 4) is 0 Å². The second-order valence-corrected chi connectivity index (χ2v) is 6.20. The molecular weight excluding hydrogens is 298 g/mol. The van der Waals surface area contributed by atoms with Crippen LogP contribution in [0.2, 0.25) is 0 Å². The molecule has 1 fully saturated rings. The maximum Gasteiger partial charge on any atom is 0.317 e. The van der Waals surface area contributed by atoms with E-state index >= 15 is 0 Å². The van der Waals surface area contributed by atoms with Crippen molar-refractivity contribution in [3.63, 3.8) is 0 Å². The van der Waals surface area contributed by atoms with E-state index in [0.29, 0.717) is 19.6 Å². The van der Waals surface area contributed by atoms with E-state index in [1.54, 1.807) is 23.7 Å². The van der Waals surface area contributed by atoms with Crippen LogP contribution in [0.1, 0.15) is 24.2 Å². The molecular formula is C16H19N3O2S. The predicted molar refractivity (Wildman–Crippen MR) is 85.7 cm³/mol. The van der Waals surface area contributed by atoms with E-state index in [9.17, 15) is 4.79 Å². The van der Waals surface area contributed by atoms with Crippen molar-refractivity contribution >= 4 is 17.4 Å². The van der Waals surface area contributed by atoms with Crippen LogP contribution in [-0.2, 0) is 11.3 Å². The Morgan fingerprint density at radius 3 is 3.14 bits per heavy atom. The molecule has 1 aliphatic heterocycles. The topological polar surface area (TPSA) is 54.5 Å². The molecule has 1 saturated heterocycles. The summed E-state index contributed by atoms with van der Waals surface area (Å²) in [6.45, 7) is 3.68. The molecule has 1 aliphatic rings. The second-order valence-electron chi connectivity index (χ2n) is 5.42. The molecule has 0 saturated carbocycles. The lowest BCUT2D eigenvalue weighted by atomic mass is 10.1. The van der Waals surface area contributed by atoms with Crippen molar-refractivity contribution in [2.45, 2.75) is 25.7 Å². The predicted octanol–water partition coefficient (Wildman–Crippen LogP) is 2.81. The number of rotatable bonds is 3. The van der Waals surface area contributed by atoms with Crippen LogP contribution in [0.15, 0.2) is 41.4 Å². The Labute approximate surface area is 133 Å². The third-order valence-electron chi connectivity index (χ3n) is 3.63. The van der Waals surface area contributed by atoms with Gasteiger partial charge in [-0.25, -0.2) is 4.79 Å². The van der Waals surface area contributed by atoms with Crippen molar-refractivity contribution in [2.75, 3.05) is 13.1 Å². The van der Waals surface area contributed by atoms with Crippen molar-refractivity contribution in [3.05, 3.63) is 52.5 Å². The molecule has 0 spiro atoms. The first-order chi connectivity index (χ1) is 10.7. The van der Waals surface area contributed by atoms with Crippen LogP contribution in [0.4, 0.5) is 4.79 Å². The highest BCUT2D eigenvalue weighted by Crippen LogP contribution is 2.26. The highest BCUT2D eigenvalue weighted by molar-refractivity contribution is 7.07. The third-order valence-corrected chi connectivity index (χ3v) is 4.33. The monoisotopic (exact) mass is 317 g/mol. The van der Waals surface area contributed by atoms with E-state index in [-0.39, 0.29) is 18.2 Å². The lowest BCUT2D eigenvalue weighted by Gasteiger charge is -2.36. The first kappa shape index (κ1) is 15.0. The van der Waals surface area contributed by atoms with Gasteiger partial charge in [-0.15, -0.1) is 0 Å². The largest absolute Gasteiger partial charge is 0.367 e. The minimum Gasteiger partial charge on any atom is -0.367 e. The molecule has 0 radical (unpaired) electrons. The maximum atomic E-state index is 12.4. The number of carbonyl (C=O) groups excluding carboxylic acids is 1. The van der Waals surface area contributed by atoms with E-state index < -0.39 is 0 Å². The summed E-state index contributed by atoms with van der Waals surface area (Å²) in [5, 5.41) is 7.06. The molecule has 3 heterocycles. The number of hydrogen-bond donors (Lipinski definition) is 1. The van der Waals surface area contributed by atoms with Gasteiger partial charge in [0.05, 0.1) is 12.6 Å². The van der Waals surface area contributed by atoms with Gasteiger partial charge in [-0.3, -0.25) is 4.98 Å². The maximum absolute atomic E-state index is 12.4. The highest BCUT2D eigenvalue weighted by Gasteiger charge is 2.29. The van der Waals surface area contributed by atoms with E-state index in [1.165, 1.54) is 0 Å². The Morgan fingerprint density at radius 2 is 2.41 bits per heavy atom. The lowest BCUT2D eigenvalue weighted by molar-refractivity contribution is -0.0655. The van der Waals surface area contributed by atoms with Crippen LogP contribution in [0, 0.1) is 0 Å². The van der Waals surface area contributed by atoms with Crippen molar-refractivity contribution in [2.24, 2.45) is 0 Å². The summed E-state index contributed by atoms with van der Waals surface area (Å²) in [5.41, 5.74) is 2.13. The lowest BCUT2D eigenvalue weighted by Crippen LogP contribution is -2.49. The van der Waals surface area contributed by atoms with Crippen LogP contribution < -0.4 is 5.32 Å². The summed E-state index contributed by atoms with van der Waals surface area (Å²) in [6.07, 6.45) is 3.47. The van der Waals surface area contributed by atoms with Gasteiger partial charge in [0, 0.05) is 25.5 Å². The van der Waals surface area contributed by atoms with Gasteiger partial charge in [-0.1, -0.05) is 6.07 Å². The Kier molecular flexibility index (Phi) is 4.70. The Balaban J connectivity index is 1.59. The van der Waals surface area contributed by atoms with Crippen molar-refractivity contribution in [1.82, 2.24) is 15.2 Å². The van der Waals surface area contributed by atoms with Crippen LogP contribution in [0.5, 0.6) is 0 Å². The molecule has 2 amide bonds. The average molecular weight is 317 g/mol. The van der Waals surface area contributed by atoms with Gasteiger partial charge in [-0.2, -0.15) is 11.3 Å². The smallest absolute Gasteiger partial charge is 0.317 e. The van der Waals surface area contributed by atoms with Gasteiger partial charge >= 0.3 is 6.03 Å². The molecule has 2 aromatic rings. The van der Waals surface area contributed by atoms with Gasteiger partial charge in [0.2, 0.25) is 0 Å². The first-order valence-electron chi connectivity index (χ1n) is 7.31. The SMILES string of the molecule is C[C@H]1CN(C(=O)NCc2cccnc2)C[C@H](c2ccsc2)O1. The van der Waals surface area contributed by atoms with E-state index in [2.05, 4.69) is 21.7 Å². The van der Waals surface area contributed by atoms with E-state index in [1.807, 2.05) is 29.3 Å². The summed E-state index contributed by atoms with van der Waals surface area (Å²) >= 11 is 1.65. The van der Waals surface area contributed by atoms with Gasteiger partial charge in [0.1, 0.15) is 6.10 Å². The number of ether oxygens (including phenoxy) is 1. The third kappa shape index (κ3) is 3.64. The molecule has 2 aromatic heterocycles. The number of nitrogens with zero attached hydrogens (tertiary/aromatic N) is 2. The fourth-order valence-electron chi connectivity index (χ4n) is 2.55. The standard InChI is InChI=1S/C16H19N3O2S/c1-12-9-19(10-15(21-12)14-4-6-22-11-14)16(20)18-8-13-3-2-5-17-7-13/h2-7,11-12,15H,8-10H2,1H3,(H,18,20)/t12-,15+/m0/s1. The fraction of sp³-hybridized carbons (Fsp3) is 0.375. The number of thiophene rings is 1. The number of nitrogens with one attached hydrogen (secondary N) is 1. The molecule has 0 unspecified atom stereocenters. The number of hydrogen-bond acceptors (Lipinski definition) is 4. The summed E-state index contributed by atoms with van der Waals surface area (Å²) in [6, 6.07) is 5.81. The molecule has 3 rings (SSSR count). The number of carbonyl (C=O) groups is 1. The van der Waals surface area contributed by atoms with Gasteiger partial charge in [-0.05, 0) is 40.9 Å². The zero-order valence-electron chi connectivity index (χ0n) is 12.4. The molecule has 22 heavy (non-hydrogen) atoms. The minimum absolute atomic E-state index is 0.0304. The number of amides is 2. The number of urea groups is 1. The first-order valence-corrected chi connectivity index (χ1v) is 8.26. The molecule has 2 atom stereocenters. The number of morpholine rings is 1.